The maximum absolute atomic E-state index is 11.7. The van der Waals surface area contributed by atoms with Gasteiger partial charge in [-0.1, -0.05) is 11.6 Å². The maximum Gasteiger partial charge on any atom is 0.287 e. The predicted molar refractivity (Wildman–Crippen MR) is 83.2 cm³/mol. The first kappa shape index (κ1) is 14.3. The van der Waals surface area contributed by atoms with E-state index in [-0.39, 0.29) is 10.6 Å². The summed E-state index contributed by atoms with van der Waals surface area (Å²) in [4.78, 5) is 16.0. The third-order valence-corrected chi connectivity index (χ3v) is 3.48. The van der Waals surface area contributed by atoms with Crippen LogP contribution in [0.1, 0.15) is 5.56 Å². The number of rotatable bonds is 4. The molecule has 0 aromatic carbocycles. The van der Waals surface area contributed by atoms with Crippen molar-refractivity contribution >= 4 is 17.3 Å². The minimum absolute atomic E-state index is 0.124. The van der Waals surface area contributed by atoms with Gasteiger partial charge in [-0.3, -0.25) is 4.79 Å². The second kappa shape index (κ2) is 5.98. The quantitative estimate of drug-likeness (QED) is 0.791. The minimum Gasteiger partial charge on any atom is -0.378 e. The summed E-state index contributed by atoms with van der Waals surface area (Å²) in [6.45, 7) is 0.491. The predicted octanol–water partition coefficient (Wildman–Crippen LogP) is 1.63. The summed E-state index contributed by atoms with van der Waals surface area (Å²) in [6.07, 6.45) is 6.75. The molecule has 8 heteroatoms. The van der Waals surface area contributed by atoms with Gasteiger partial charge in [0.1, 0.15) is 5.02 Å². The zero-order chi connectivity index (χ0) is 15.5. The van der Waals surface area contributed by atoms with Gasteiger partial charge < -0.3 is 5.32 Å². The topological polar surface area (TPSA) is 77.6 Å². The Morgan fingerprint density at radius 1 is 1.32 bits per heavy atom. The second-order valence-electron chi connectivity index (χ2n) is 4.63. The molecule has 1 N–H and O–H groups in total. The standard InChI is InChI=1S/C14H13ClN6O/c1-20-14(22)13(15)11(9-19-20)17-8-10-3-5-16-12(7-10)21-6-2-4-18-21/h2-7,9,17H,8H2,1H3. The van der Waals surface area contributed by atoms with E-state index in [4.69, 9.17) is 11.6 Å². The molecule has 112 valence electrons. The van der Waals surface area contributed by atoms with Crippen LogP contribution in [0.25, 0.3) is 5.82 Å². The molecule has 0 spiro atoms. The van der Waals surface area contributed by atoms with Crippen LogP contribution in [-0.4, -0.2) is 24.5 Å². The van der Waals surface area contributed by atoms with Crippen LogP contribution in [0, 0.1) is 0 Å². The van der Waals surface area contributed by atoms with E-state index in [1.165, 1.54) is 10.9 Å². The fraction of sp³-hybridized carbons (Fsp3) is 0.143. The lowest BCUT2D eigenvalue weighted by Gasteiger charge is -2.09. The van der Waals surface area contributed by atoms with Gasteiger partial charge in [-0.25, -0.2) is 14.3 Å². The van der Waals surface area contributed by atoms with Gasteiger partial charge in [0.2, 0.25) is 0 Å². The molecule has 22 heavy (non-hydrogen) atoms. The zero-order valence-electron chi connectivity index (χ0n) is 11.8. The Hall–Kier alpha value is -2.67. The molecule has 7 nitrogen and oxygen atoms in total. The largest absolute Gasteiger partial charge is 0.378 e. The lowest BCUT2D eigenvalue weighted by Crippen LogP contribution is -2.21. The Kier molecular flexibility index (Phi) is 3.88. The van der Waals surface area contributed by atoms with Crippen molar-refractivity contribution in [1.82, 2.24) is 24.5 Å². The molecule has 0 amide bonds. The van der Waals surface area contributed by atoms with E-state index >= 15 is 0 Å². The van der Waals surface area contributed by atoms with Crippen molar-refractivity contribution in [1.29, 1.82) is 0 Å². The summed E-state index contributed by atoms with van der Waals surface area (Å²) < 4.78 is 2.87. The van der Waals surface area contributed by atoms with Crippen LogP contribution >= 0.6 is 11.6 Å². The van der Waals surface area contributed by atoms with E-state index in [9.17, 15) is 4.79 Å². The molecule has 3 aromatic rings. The molecule has 3 rings (SSSR count). The molecule has 0 radical (unpaired) electrons. The van der Waals surface area contributed by atoms with E-state index in [0.717, 1.165) is 11.4 Å². The van der Waals surface area contributed by atoms with Crippen molar-refractivity contribution in [2.24, 2.45) is 7.05 Å². The van der Waals surface area contributed by atoms with E-state index in [0.29, 0.717) is 12.2 Å². The first-order valence-corrected chi connectivity index (χ1v) is 6.93. The number of nitrogens with zero attached hydrogens (tertiary/aromatic N) is 5. The van der Waals surface area contributed by atoms with Crippen molar-refractivity contribution in [2.45, 2.75) is 6.54 Å². The van der Waals surface area contributed by atoms with E-state index in [2.05, 4.69) is 20.5 Å². The zero-order valence-corrected chi connectivity index (χ0v) is 12.5. The highest BCUT2D eigenvalue weighted by molar-refractivity contribution is 6.32. The number of hydrogen-bond donors (Lipinski definition) is 1. The number of aromatic nitrogens is 5. The Morgan fingerprint density at radius 3 is 2.95 bits per heavy atom. The van der Waals surface area contributed by atoms with Gasteiger partial charge in [-0.05, 0) is 23.8 Å². The van der Waals surface area contributed by atoms with Crippen molar-refractivity contribution in [3.8, 4) is 5.82 Å². The SMILES string of the molecule is Cn1ncc(NCc2ccnc(-n3cccn3)c2)c(Cl)c1=O. The molecule has 0 fully saturated rings. The number of nitrogens with one attached hydrogen (secondary N) is 1. The van der Waals surface area contributed by atoms with Crippen molar-refractivity contribution in [3.05, 3.63) is 63.9 Å². The van der Waals surface area contributed by atoms with Crippen LogP contribution in [0.4, 0.5) is 5.69 Å². The van der Waals surface area contributed by atoms with Crippen LogP contribution in [0.15, 0.2) is 47.8 Å². The van der Waals surface area contributed by atoms with Crippen LogP contribution in [0.5, 0.6) is 0 Å². The molecule has 0 saturated heterocycles. The third-order valence-electron chi connectivity index (χ3n) is 3.11. The lowest BCUT2D eigenvalue weighted by atomic mass is 10.2. The molecule has 3 aromatic heterocycles. The van der Waals surface area contributed by atoms with Crippen LogP contribution in [-0.2, 0) is 13.6 Å². The van der Waals surface area contributed by atoms with Gasteiger partial charge in [-0.15, -0.1) is 0 Å². The maximum atomic E-state index is 11.7. The number of anilines is 1. The average molecular weight is 317 g/mol. The first-order valence-electron chi connectivity index (χ1n) is 6.56. The summed E-state index contributed by atoms with van der Waals surface area (Å²) in [7, 11) is 1.55. The highest BCUT2D eigenvalue weighted by atomic mass is 35.5. The summed E-state index contributed by atoms with van der Waals surface area (Å²) in [6, 6.07) is 5.61. The summed E-state index contributed by atoms with van der Waals surface area (Å²) >= 11 is 6.01. The molecule has 0 aliphatic rings. The monoisotopic (exact) mass is 316 g/mol. The Balaban J connectivity index is 1.79. The molecular weight excluding hydrogens is 304 g/mol. The van der Waals surface area contributed by atoms with Gasteiger partial charge >= 0.3 is 0 Å². The molecule has 0 aliphatic heterocycles. The van der Waals surface area contributed by atoms with E-state index < -0.39 is 0 Å². The Bertz CT molecular complexity index is 843. The smallest absolute Gasteiger partial charge is 0.287 e. The van der Waals surface area contributed by atoms with Crippen molar-refractivity contribution in [3.63, 3.8) is 0 Å². The number of hydrogen-bond acceptors (Lipinski definition) is 5. The van der Waals surface area contributed by atoms with Gasteiger partial charge in [0.25, 0.3) is 5.56 Å². The fourth-order valence-corrected chi connectivity index (χ4v) is 2.17. The number of aryl methyl sites for hydroxylation is 1. The van der Waals surface area contributed by atoms with Crippen LogP contribution in [0.3, 0.4) is 0 Å². The number of pyridine rings is 1. The van der Waals surface area contributed by atoms with Gasteiger partial charge in [-0.2, -0.15) is 10.2 Å². The van der Waals surface area contributed by atoms with Crippen molar-refractivity contribution in [2.75, 3.05) is 5.32 Å². The van der Waals surface area contributed by atoms with Gasteiger partial charge in [0.05, 0.1) is 11.9 Å². The minimum atomic E-state index is -0.335. The second-order valence-corrected chi connectivity index (χ2v) is 5.01. The van der Waals surface area contributed by atoms with E-state index in [1.807, 2.05) is 24.4 Å². The molecule has 0 saturated carbocycles. The van der Waals surface area contributed by atoms with Crippen LogP contribution < -0.4 is 10.9 Å². The first-order chi connectivity index (χ1) is 10.6. The molecule has 0 aliphatic carbocycles. The highest BCUT2D eigenvalue weighted by Gasteiger charge is 2.07. The molecule has 0 bridgehead atoms. The van der Waals surface area contributed by atoms with E-state index in [1.54, 1.807) is 24.1 Å². The fourth-order valence-electron chi connectivity index (χ4n) is 1.93. The third kappa shape index (κ3) is 2.84. The summed E-state index contributed by atoms with van der Waals surface area (Å²) in [5.74, 6) is 0.720. The molecule has 0 atom stereocenters. The molecule has 3 heterocycles. The van der Waals surface area contributed by atoms with Gasteiger partial charge in [0.15, 0.2) is 5.82 Å². The highest BCUT2D eigenvalue weighted by Crippen LogP contribution is 2.16. The molecular formula is C14H13ClN6O. The summed E-state index contributed by atoms with van der Waals surface area (Å²) in [5.41, 5.74) is 1.15. The molecule has 0 unspecified atom stereocenters. The number of halogens is 1. The lowest BCUT2D eigenvalue weighted by molar-refractivity contribution is 0.708. The Labute approximate surface area is 131 Å². The average Bonchev–Trinajstić information content (AvgIpc) is 3.07. The summed E-state index contributed by atoms with van der Waals surface area (Å²) in [5, 5.41) is 11.3. The van der Waals surface area contributed by atoms with Gasteiger partial charge in [0, 0.05) is 32.2 Å². The van der Waals surface area contributed by atoms with Crippen molar-refractivity contribution < 1.29 is 0 Å². The van der Waals surface area contributed by atoms with Crippen LogP contribution in [0.2, 0.25) is 5.02 Å². The normalized spacial score (nSPS) is 10.6. The Morgan fingerprint density at radius 2 is 2.18 bits per heavy atom.